The number of benzene rings is 2. The van der Waals surface area contributed by atoms with Gasteiger partial charge in [-0.1, -0.05) is 41.9 Å². The molecular weight excluding hydrogens is 386 g/mol. The topological polar surface area (TPSA) is 69.7 Å². The maximum atomic E-state index is 12.9. The van der Waals surface area contributed by atoms with Crippen molar-refractivity contribution < 1.29 is 13.2 Å². The van der Waals surface area contributed by atoms with Gasteiger partial charge in [-0.15, -0.1) is 0 Å². The second kappa shape index (κ2) is 8.39. The largest absolute Gasteiger partial charge is 0.348 e. The molecule has 27 heavy (non-hydrogen) atoms. The molecule has 0 aromatic heterocycles. The first-order chi connectivity index (χ1) is 12.9. The predicted octanol–water partition coefficient (Wildman–Crippen LogP) is 2.21. The highest BCUT2D eigenvalue weighted by molar-refractivity contribution is 7.89. The molecule has 1 aliphatic heterocycles. The summed E-state index contributed by atoms with van der Waals surface area (Å²) in [6.45, 7) is 2.55. The molecule has 1 N–H and O–H groups in total. The molecule has 0 radical (unpaired) electrons. The summed E-state index contributed by atoms with van der Waals surface area (Å²) < 4.78 is 27.2. The number of rotatable bonds is 5. The van der Waals surface area contributed by atoms with Gasteiger partial charge < -0.3 is 10.2 Å². The van der Waals surface area contributed by atoms with Gasteiger partial charge in [-0.3, -0.25) is 4.79 Å². The van der Waals surface area contributed by atoms with Crippen molar-refractivity contribution in [3.8, 4) is 0 Å². The lowest BCUT2D eigenvalue weighted by atomic mass is 10.2. The van der Waals surface area contributed by atoms with Crippen LogP contribution in [0.25, 0.3) is 0 Å². The number of likely N-dealkylation sites (N-methyl/N-ethyl adjacent to an activating group) is 1. The number of carbonyl (C=O) groups is 1. The van der Waals surface area contributed by atoms with Crippen LogP contribution < -0.4 is 5.32 Å². The second-order valence-electron chi connectivity index (χ2n) is 6.52. The molecule has 2 aromatic rings. The van der Waals surface area contributed by atoms with Crippen LogP contribution in [0.5, 0.6) is 0 Å². The molecule has 2 aromatic carbocycles. The second-order valence-corrected chi connectivity index (χ2v) is 8.86. The number of carbonyl (C=O) groups excluding carboxylic acids is 1. The van der Waals surface area contributed by atoms with E-state index in [0.717, 1.165) is 5.56 Å². The number of hydrogen-bond acceptors (Lipinski definition) is 4. The lowest BCUT2D eigenvalue weighted by Gasteiger charge is -2.31. The number of piperazine rings is 1. The molecule has 144 valence electrons. The summed E-state index contributed by atoms with van der Waals surface area (Å²) >= 11 is 6.15. The van der Waals surface area contributed by atoms with Gasteiger partial charge in [0.05, 0.1) is 15.5 Å². The molecule has 0 spiro atoms. The first-order valence-corrected chi connectivity index (χ1v) is 10.5. The Kier molecular flexibility index (Phi) is 6.16. The molecule has 0 unspecified atom stereocenters. The summed E-state index contributed by atoms with van der Waals surface area (Å²) in [4.78, 5) is 14.7. The first kappa shape index (κ1) is 19.8. The highest BCUT2D eigenvalue weighted by Gasteiger charge is 2.28. The zero-order valence-electron chi connectivity index (χ0n) is 15.1. The monoisotopic (exact) mass is 407 g/mol. The van der Waals surface area contributed by atoms with Crippen LogP contribution in [0, 0.1) is 0 Å². The molecule has 0 bridgehead atoms. The fourth-order valence-corrected chi connectivity index (χ4v) is 4.54. The summed E-state index contributed by atoms with van der Waals surface area (Å²) in [5.41, 5.74) is 1.10. The van der Waals surface area contributed by atoms with Crippen molar-refractivity contribution in [1.82, 2.24) is 14.5 Å². The Morgan fingerprint density at radius 1 is 1.07 bits per heavy atom. The summed E-state index contributed by atoms with van der Waals surface area (Å²) in [6.07, 6.45) is 0. The number of nitrogens with one attached hydrogen (secondary N) is 1. The van der Waals surface area contributed by atoms with E-state index in [0.29, 0.717) is 32.7 Å². The minimum absolute atomic E-state index is 0.0846. The van der Waals surface area contributed by atoms with Gasteiger partial charge >= 0.3 is 0 Å². The normalized spacial score (nSPS) is 16.2. The van der Waals surface area contributed by atoms with E-state index in [-0.39, 0.29) is 15.5 Å². The van der Waals surface area contributed by atoms with E-state index < -0.39 is 15.9 Å². The minimum atomic E-state index is -3.66. The Morgan fingerprint density at radius 2 is 1.74 bits per heavy atom. The van der Waals surface area contributed by atoms with Crippen LogP contribution in [0.4, 0.5) is 0 Å². The maximum absolute atomic E-state index is 12.9. The van der Waals surface area contributed by atoms with Crippen LogP contribution in [0.15, 0.2) is 53.4 Å². The SMILES string of the molecule is CN1CCN(S(=O)(=O)c2ccc(Cl)c(C(=O)NCc3ccccc3)c2)CC1. The van der Waals surface area contributed by atoms with Gasteiger partial charge in [0, 0.05) is 32.7 Å². The summed E-state index contributed by atoms with van der Waals surface area (Å²) in [5, 5.41) is 3.00. The Bertz CT molecular complexity index is 911. The van der Waals surface area contributed by atoms with Gasteiger partial charge in [0.1, 0.15) is 0 Å². The fraction of sp³-hybridized carbons (Fsp3) is 0.316. The van der Waals surface area contributed by atoms with Gasteiger partial charge in [0.15, 0.2) is 0 Å². The molecule has 8 heteroatoms. The van der Waals surface area contributed by atoms with Crippen molar-refractivity contribution in [2.75, 3.05) is 33.2 Å². The van der Waals surface area contributed by atoms with Crippen molar-refractivity contribution in [3.05, 3.63) is 64.7 Å². The smallest absolute Gasteiger partial charge is 0.253 e. The summed E-state index contributed by atoms with van der Waals surface area (Å²) in [6, 6.07) is 13.7. The van der Waals surface area contributed by atoms with E-state index in [1.807, 2.05) is 37.4 Å². The maximum Gasteiger partial charge on any atom is 0.253 e. The van der Waals surface area contributed by atoms with Crippen LogP contribution in [0.3, 0.4) is 0 Å². The Hall–Kier alpha value is -1.93. The Balaban J connectivity index is 1.78. The van der Waals surface area contributed by atoms with Crippen molar-refractivity contribution in [1.29, 1.82) is 0 Å². The third-order valence-electron chi connectivity index (χ3n) is 4.58. The van der Waals surface area contributed by atoms with E-state index >= 15 is 0 Å². The van der Waals surface area contributed by atoms with Gasteiger partial charge in [-0.2, -0.15) is 4.31 Å². The van der Waals surface area contributed by atoms with E-state index in [2.05, 4.69) is 10.2 Å². The Morgan fingerprint density at radius 3 is 2.41 bits per heavy atom. The summed E-state index contributed by atoms with van der Waals surface area (Å²) in [7, 11) is -1.70. The van der Waals surface area contributed by atoms with E-state index in [4.69, 9.17) is 11.6 Å². The van der Waals surface area contributed by atoms with Crippen LogP contribution in [-0.4, -0.2) is 56.8 Å². The number of sulfonamides is 1. The molecule has 0 atom stereocenters. The highest BCUT2D eigenvalue weighted by Crippen LogP contribution is 2.24. The van der Waals surface area contributed by atoms with E-state index in [1.165, 1.54) is 22.5 Å². The standard InChI is InChI=1S/C19H22ClN3O3S/c1-22-9-11-23(12-10-22)27(25,26)16-7-8-18(20)17(13-16)19(24)21-14-15-5-3-2-4-6-15/h2-8,13H,9-12,14H2,1H3,(H,21,24). The predicted molar refractivity (Wildman–Crippen MR) is 105 cm³/mol. The van der Waals surface area contributed by atoms with E-state index in [9.17, 15) is 13.2 Å². The van der Waals surface area contributed by atoms with Crippen LogP contribution >= 0.6 is 11.6 Å². The number of halogens is 1. The van der Waals surface area contributed by atoms with Gasteiger partial charge in [-0.05, 0) is 30.8 Å². The third kappa shape index (κ3) is 4.68. The quantitative estimate of drug-likeness (QED) is 0.825. The van der Waals surface area contributed by atoms with Crippen molar-refractivity contribution in [2.45, 2.75) is 11.4 Å². The fourth-order valence-electron chi connectivity index (χ4n) is 2.89. The molecule has 1 heterocycles. The van der Waals surface area contributed by atoms with Crippen molar-refractivity contribution in [2.24, 2.45) is 0 Å². The molecule has 3 rings (SSSR count). The lowest BCUT2D eigenvalue weighted by Crippen LogP contribution is -2.47. The van der Waals surface area contributed by atoms with Crippen LogP contribution in [0.1, 0.15) is 15.9 Å². The van der Waals surface area contributed by atoms with Crippen LogP contribution in [-0.2, 0) is 16.6 Å². The average molecular weight is 408 g/mol. The average Bonchev–Trinajstić information content (AvgIpc) is 2.67. The Labute approximate surface area is 164 Å². The van der Waals surface area contributed by atoms with Gasteiger partial charge in [0.25, 0.3) is 5.91 Å². The molecule has 1 amide bonds. The minimum Gasteiger partial charge on any atom is -0.348 e. The molecule has 1 aliphatic rings. The van der Waals surface area contributed by atoms with Gasteiger partial charge in [-0.25, -0.2) is 8.42 Å². The number of hydrogen-bond donors (Lipinski definition) is 1. The summed E-state index contributed by atoms with van der Waals surface area (Å²) in [5.74, 6) is -0.403. The van der Waals surface area contributed by atoms with Crippen molar-refractivity contribution in [3.63, 3.8) is 0 Å². The van der Waals surface area contributed by atoms with E-state index in [1.54, 1.807) is 0 Å². The molecule has 0 saturated carbocycles. The first-order valence-electron chi connectivity index (χ1n) is 8.68. The lowest BCUT2D eigenvalue weighted by molar-refractivity contribution is 0.0951. The van der Waals surface area contributed by atoms with Crippen molar-refractivity contribution >= 4 is 27.5 Å². The number of nitrogens with zero attached hydrogens (tertiary/aromatic N) is 2. The molecule has 0 aliphatic carbocycles. The molecule has 6 nitrogen and oxygen atoms in total. The molecule has 1 saturated heterocycles. The number of amides is 1. The zero-order chi connectivity index (χ0) is 19.4. The third-order valence-corrected chi connectivity index (χ3v) is 6.80. The van der Waals surface area contributed by atoms with Crippen LogP contribution in [0.2, 0.25) is 5.02 Å². The zero-order valence-corrected chi connectivity index (χ0v) is 16.6. The van der Waals surface area contributed by atoms with Gasteiger partial charge in [0.2, 0.25) is 10.0 Å². The molecule has 1 fully saturated rings. The highest BCUT2D eigenvalue weighted by atomic mass is 35.5. The molecular formula is C19H22ClN3O3S.